The van der Waals surface area contributed by atoms with Gasteiger partial charge in [0.2, 0.25) is 5.91 Å². The summed E-state index contributed by atoms with van der Waals surface area (Å²) >= 11 is 0. The van der Waals surface area contributed by atoms with E-state index in [9.17, 15) is 14.7 Å². The fourth-order valence-corrected chi connectivity index (χ4v) is 5.58. The van der Waals surface area contributed by atoms with Crippen LogP contribution < -0.4 is 10.6 Å². The lowest BCUT2D eigenvalue weighted by atomic mass is 10.0. The van der Waals surface area contributed by atoms with Crippen molar-refractivity contribution in [2.45, 2.75) is 46.6 Å². The third-order valence-electron chi connectivity index (χ3n) is 7.56. The molecule has 1 saturated heterocycles. The molecule has 9 nitrogen and oxygen atoms in total. The third-order valence-corrected chi connectivity index (χ3v) is 7.56. The maximum Gasteiger partial charge on any atom is 0.355 e. The first kappa shape index (κ1) is 27.9. The second-order valence-corrected chi connectivity index (χ2v) is 10.4. The van der Waals surface area contributed by atoms with Gasteiger partial charge in [-0.25, -0.2) is 18.7 Å². The molecule has 0 bridgehead atoms. The van der Waals surface area contributed by atoms with Crippen molar-refractivity contribution >= 4 is 22.8 Å². The molecule has 1 atom stereocenters. The highest BCUT2D eigenvalue weighted by molar-refractivity contribution is 5.92. The summed E-state index contributed by atoms with van der Waals surface area (Å²) in [4.78, 5) is 44.0. The summed E-state index contributed by atoms with van der Waals surface area (Å²) in [6, 6.07) is 7.62. The van der Waals surface area contributed by atoms with E-state index >= 15 is 4.39 Å². The average Bonchev–Trinajstić information content (AvgIpc) is 2.94. The highest BCUT2D eigenvalue weighted by Crippen LogP contribution is 2.36. The number of fused-ring (bicyclic) bond motifs is 1. The lowest BCUT2D eigenvalue weighted by Crippen LogP contribution is -2.54. The second kappa shape index (κ2) is 11.1. The fraction of sp³-hybridized carbons (Fsp3) is 0.323. The maximum atomic E-state index is 15.1. The van der Waals surface area contributed by atoms with Gasteiger partial charge < -0.3 is 14.9 Å². The number of amides is 1. The Morgan fingerprint density at radius 1 is 1.20 bits per heavy atom. The Morgan fingerprint density at radius 3 is 2.66 bits per heavy atom. The molecule has 1 aliphatic heterocycles. The van der Waals surface area contributed by atoms with Crippen LogP contribution in [0.25, 0.3) is 28.0 Å². The van der Waals surface area contributed by atoms with Crippen LogP contribution in [0.1, 0.15) is 37.1 Å². The summed E-state index contributed by atoms with van der Waals surface area (Å²) in [5.41, 5.74) is 2.69. The number of aromatic nitrogens is 4. The highest BCUT2D eigenvalue weighted by atomic mass is 19.1. The van der Waals surface area contributed by atoms with Gasteiger partial charge in [0.25, 0.3) is 0 Å². The number of hydrogen-bond acceptors (Lipinski definition) is 7. The van der Waals surface area contributed by atoms with Crippen molar-refractivity contribution in [1.82, 2.24) is 24.4 Å². The van der Waals surface area contributed by atoms with E-state index in [0.717, 1.165) is 17.7 Å². The average molecular weight is 557 g/mol. The van der Waals surface area contributed by atoms with Gasteiger partial charge in [0, 0.05) is 31.9 Å². The monoisotopic (exact) mass is 556 g/mol. The molecule has 1 fully saturated rings. The molecule has 5 rings (SSSR count). The zero-order valence-electron chi connectivity index (χ0n) is 23.7. The van der Waals surface area contributed by atoms with Crippen molar-refractivity contribution in [3.63, 3.8) is 0 Å². The van der Waals surface area contributed by atoms with Gasteiger partial charge >= 0.3 is 5.69 Å². The van der Waals surface area contributed by atoms with Crippen LogP contribution in [-0.2, 0) is 11.2 Å². The molecule has 3 aromatic heterocycles. The summed E-state index contributed by atoms with van der Waals surface area (Å²) in [5, 5.41) is 11.2. The van der Waals surface area contributed by atoms with E-state index in [1.807, 2.05) is 37.8 Å². The number of phenolic OH excluding ortho intramolecular Hbond substituents is 1. The zero-order chi connectivity index (χ0) is 29.4. The van der Waals surface area contributed by atoms with E-state index in [1.54, 1.807) is 18.0 Å². The number of aromatic hydroxyl groups is 1. The van der Waals surface area contributed by atoms with E-state index in [-0.39, 0.29) is 34.6 Å². The smallest absolute Gasteiger partial charge is 0.355 e. The summed E-state index contributed by atoms with van der Waals surface area (Å²) in [7, 11) is 0. The number of carbonyl (C=O) groups excluding carboxylic acids is 1. The first-order valence-electron chi connectivity index (χ1n) is 13.7. The molecule has 4 aromatic rings. The number of carbonyl (C=O) groups is 1. The molecular weight excluding hydrogens is 523 g/mol. The Kier molecular flexibility index (Phi) is 7.57. The van der Waals surface area contributed by atoms with Crippen molar-refractivity contribution in [3.05, 3.63) is 82.3 Å². The molecule has 4 heterocycles. The maximum absolute atomic E-state index is 15.1. The molecule has 1 aromatic carbocycles. The standard InChI is InChI=1S/C31H33FN6O3/c1-6-9-23-28(18(3)12-13-33-23)38-30-21(16-19(4)27(34-30)26-22(32)10-8-11-24(26)39)29(35-31(38)41)37-15-14-36(17-20(37)5)25(40)7-2/h7-8,10-13,16,20,39H,2,6,9,14-15,17H2,1,3-5H3/t20-/m0/s1. The Balaban J connectivity index is 1.82. The zero-order valence-corrected chi connectivity index (χ0v) is 23.7. The minimum atomic E-state index is -0.621. The van der Waals surface area contributed by atoms with Crippen LogP contribution in [0.15, 0.2) is 54.0 Å². The van der Waals surface area contributed by atoms with Crippen LogP contribution in [0.3, 0.4) is 0 Å². The molecule has 1 N–H and O–H groups in total. The number of piperazine rings is 1. The Morgan fingerprint density at radius 2 is 1.98 bits per heavy atom. The number of benzene rings is 1. The number of nitrogens with zero attached hydrogens (tertiary/aromatic N) is 6. The van der Waals surface area contributed by atoms with Gasteiger partial charge in [-0.2, -0.15) is 4.98 Å². The molecule has 1 amide bonds. The number of aryl methyl sites for hydroxylation is 3. The summed E-state index contributed by atoms with van der Waals surface area (Å²) in [6.07, 6.45) is 4.46. The SMILES string of the molecule is C=CC(=O)N1CCN(c2nc(=O)n(-c3c(C)ccnc3CCC)c3nc(-c4c(O)cccc4F)c(C)cc23)[C@@H](C)C1. The highest BCUT2D eigenvalue weighted by Gasteiger charge is 2.30. The van der Waals surface area contributed by atoms with E-state index in [2.05, 4.69) is 16.5 Å². The molecule has 0 unspecified atom stereocenters. The number of rotatable bonds is 6. The quantitative estimate of drug-likeness (QED) is 0.349. The van der Waals surface area contributed by atoms with Crippen LogP contribution in [0.5, 0.6) is 5.75 Å². The van der Waals surface area contributed by atoms with Crippen molar-refractivity contribution in [3.8, 4) is 22.7 Å². The molecule has 41 heavy (non-hydrogen) atoms. The Hall–Kier alpha value is -4.60. The predicted octanol–water partition coefficient (Wildman–Crippen LogP) is 4.48. The predicted molar refractivity (Wildman–Crippen MR) is 157 cm³/mol. The number of anilines is 1. The number of pyridine rings is 2. The fourth-order valence-electron chi connectivity index (χ4n) is 5.58. The van der Waals surface area contributed by atoms with Gasteiger partial charge in [-0.3, -0.25) is 9.78 Å². The van der Waals surface area contributed by atoms with Gasteiger partial charge in [-0.15, -0.1) is 0 Å². The lowest BCUT2D eigenvalue weighted by molar-refractivity contribution is -0.126. The minimum Gasteiger partial charge on any atom is -0.507 e. The van der Waals surface area contributed by atoms with E-state index in [0.29, 0.717) is 48.5 Å². The molecule has 0 saturated carbocycles. The molecule has 10 heteroatoms. The largest absolute Gasteiger partial charge is 0.507 e. The second-order valence-electron chi connectivity index (χ2n) is 10.4. The Labute approximate surface area is 237 Å². The van der Waals surface area contributed by atoms with Gasteiger partial charge in [-0.1, -0.05) is 26.0 Å². The van der Waals surface area contributed by atoms with Gasteiger partial charge in [0.1, 0.15) is 17.4 Å². The normalized spacial score (nSPS) is 15.4. The number of hydrogen-bond donors (Lipinski definition) is 1. The summed E-state index contributed by atoms with van der Waals surface area (Å²) in [6.45, 7) is 12.6. The molecule has 0 aliphatic carbocycles. The molecule has 212 valence electrons. The van der Waals surface area contributed by atoms with Crippen molar-refractivity contribution in [2.75, 3.05) is 24.5 Å². The van der Waals surface area contributed by atoms with Crippen LogP contribution in [0, 0.1) is 19.7 Å². The molecule has 0 spiro atoms. The number of halogens is 1. The van der Waals surface area contributed by atoms with Crippen molar-refractivity contribution in [1.29, 1.82) is 0 Å². The van der Waals surface area contributed by atoms with Gasteiger partial charge in [-0.05, 0) is 68.7 Å². The first-order chi connectivity index (χ1) is 19.7. The van der Waals surface area contributed by atoms with Crippen molar-refractivity contribution in [2.24, 2.45) is 0 Å². The first-order valence-corrected chi connectivity index (χ1v) is 13.7. The Bertz CT molecular complexity index is 1710. The van der Waals surface area contributed by atoms with E-state index in [1.165, 1.54) is 28.8 Å². The topological polar surface area (TPSA) is 104 Å². The van der Waals surface area contributed by atoms with Crippen LogP contribution in [-0.4, -0.2) is 61.1 Å². The summed E-state index contributed by atoms with van der Waals surface area (Å²) < 4.78 is 16.5. The third kappa shape index (κ3) is 4.94. The van der Waals surface area contributed by atoms with E-state index < -0.39 is 11.5 Å². The van der Waals surface area contributed by atoms with Crippen LogP contribution in [0.2, 0.25) is 0 Å². The van der Waals surface area contributed by atoms with Gasteiger partial charge in [0.05, 0.1) is 28.0 Å². The minimum absolute atomic E-state index is 0.0362. The molecule has 1 aliphatic rings. The summed E-state index contributed by atoms with van der Waals surface area (Å²) in [5.74, 6) is -0.571. The van der Waals surface area contributed by atoms with Crippen LogP contribution in [0.4, 0.5) is 10.2 Å². The number of phenols is 1. The lowest BCUT2D eigenvalue weighted by Gasteiger charge is -2.40. The molecule has 0 radical (unpaired) electrons. The van der Waals surface area contributed by atoms with Crippen molar-refractivity contribution < 1.29 is 14.3 Å². The van der Waals surface area contributed by atoms with Gasteiger partial charge in [0.15, 0.2) is 5.65 Å². The van der Waals surface area contributed by atoms with E-state index in [4.69, 9.17) is 4.98 Å². The van der Waals surface area contributed by atoms with Crippen LogP contribution >= 0.6 is 0 Å². The molecular formula is C31H33FN6O3.